The molecule has 1 aliphatic carbocycles. The first-order valence-electron chi connectivity index (χ1n) is 10.9. The van der Waals surface area contributed by atoms with Crippen LogP contribution in [0.15, 0.2) is 52.9 Å². The van der Waals surface area contributed by atoms with E-state index in [4.69, 9.17) is 10.2 Å². The Bertz CT molecular complexity index is 1200. The predicted octanol–water partition coefficient (Wildman–Crippen LogP) is 3.65. The molecule has 8 nitrogen and oxygen atoms in total. The van der Waals surface area contributed by atoms with E-state index in [1.165, 1.54) is 12.1 Å². The number of carboxylic acid groups (broad SMARTS) is 1. The van der Waals surface area contributed by atoms with E-state index in [0.29, 0.717) is 11.8 Å². The van der Waals surface area contributed by atoms with E-state index in [9.17, 15) is 19.1 Å². The third kappa shape index (κ3) is 3.39. The van der Waals surface area contributed by atoms with E-state index >= 15 is 0 Å². The van der Waals surface area contributed by atoms with Crippen molar-refractivity contribution in [2.24, 2.45) is 11.7 Å². The summed E-state index contributed by atoms with van der Waals surface area (Å²) in [5, 5.41) is 18.5. The fourth-order valence-electron chi connectivity index (χ4n) is 5.47. The van der Waals surface area contributed by atoms with Gasteiger partial charge in [-0.15, -0.1) is 5.10 Å². The highest BCUT2D eigenvalue weighted by Gasteiger charge is 2.55. The van der Waals surface area contributed by atoms with Crippen molar-refractivity contribution in [2.45, 2.75) is 43.2 Å². The molecule has 1 aromatic heterocycles. The van der Waals surface area contributed by atoms with Crippen molar-refractivity contribution < 1.29 is 23.5 Å². The van der Waals surface area contributed by atoms with Crippen molar-refractivity contribution in [3.8, 4) is 11.5 Å². The third-order valence-electron chi connectivity index (χ3n) is 6.91. The van der Waals surface area contributed by atoms with Gasteiger partial charge in [-0.05, 0) is 54.7 Å². The van der Waals surface area contributed by atoms with Crippen LogP contribution in [-0.4, -0.2) is 39.1 Å². The second-order valence-corrected chi connectivity index (χ2v) is 8.68. The molecule has 0 amide bonds. The van der Waals surface area contributed by atoms with Crippen LogP contribution in [0.2, 0.25) is 0 Å². The Labute approximate surface area is 189 Å². The Morgan fingerprint density at radius 1 is 1.21 bits per heavy atom. The number of carbonyl (C=O) groups is 2. The van der Waals surface area contributed by atoms with Crippen LogP contribution in [-0.2, 0) is 9.59 Å². The summed E-state index contributed by atoms with van der Waals surface area (Å²) in [6.07, 6.45) is 2.75. The summed E-state index contributed by atoms with van der Waals surface area (Å²) >= 11 is 0. The summed E-state index contributed by atoms with van der Waals surface area (Å²) in [5.41, 5.74) is 6.80. The van der Waals surface area contributed by atoms with Gasteiger partial charge in [0.15, 0.2) is 0 Å². The van der Waals surface area contributed by atoms with Crippen molar-refractivity contribution in [3.63, 3.8) is 0 Å². The summed E-state index contributed by atoms with van der Waals surface area (Å²) < 4.78 is 19.3. The third-order valence-corrected chi connectivity index (χ3v) is 6.91. The molecule has 0 bridgehead atoms. The fraction of sp³-hybridized carbons (Fsp3) is 0.333. The second kappa shape index (κ2) is 8.08. The molecule has 0 radical (unpaired) electrons. The van der Waals surface area contributed by atoms with Crippen LogP contribution >= 0.6 is 0 Å². The van der Waals surface area contributed by atoms with Crippen LogP contribution in [0.5, 0.6) is 0 Å². The van der Waals surface area contributed by atoms with Gasteiger partial charge in [-0.3, -0.25) is 9.69 Å². The minimum absolute atomic E-state index is 0.109. The quantitative estimate of drug-likeness (QED) is 0.546. The van der Waals surface area contributed by atoms with Crippen LogP contribution in [0.25, 0.3) is 11.5 Å². The number of halogens is 1. The van der Waals surface area contributed by atoms with Gasteiger partial charge >= 0.3 is 12.0 Å². The van der Waals surface area contributed by atoms with Crippen molar-refractivity contribution in [1.82, 2.24) is 10.2 Å². The second-order valence-electron chi connectivity index (χ2n) is 8.68. The smallest absolute Gasteiger partial charge is 0.324 e. The lowest BCUT2D eigenvalue weighted by molar-refractivity contribution is -0.146. The number of aldehydes is 1. The monoisotopic (exact) mass is 450 g/mol. The maximum Gasteiger partial charge on any atom is 0.324 e. The average Bonchev–Trinajstić information content (AvgIpc) is 3.48. The van der Waals surface area contributed by atoms with Crippen molar-refractivity contribution in [1.29, 1.82) is 0 Å². The van der Waals surface area contributed by atoms with E-state index in [1.807, 2.05) is 29.2 Å². The zero-order valence-electron chi connectivity index (χ0n) is 17.7. The van der Waals surface area contributed by atoms with E-state index in [2.05, 4.69) is 10.2 Å². The predicted molar refractivity (Wildman–Crippen MR) is 117 cm³/mol. The number of hydrogen-bond donors (Lipinski definition) is 2. The minimum Gasteiger partial charge on any atom is -0.480 e. The average molecular weight is 450 g/mol. The maximum absolute atomic E-state index is 13.3. The van der Waals surface area contributed by atoms with E-state index < -0.39 is 17.4 Å². The first kappa shape index (κ1) is 21.3. The number of aliphatic carboxylic acids is 1. The summed E-state index contributed by atoms with van der Waals surface area (Å²) in [6.45, 7) is 0. The van der Waals surface area contributed by atoms with Crippen LogP contribution < -0.4 is 10.6 Å². The highest BCUT2D eigenvalue weighted by atomic mass is 19.1. The van der Waals surface area contributed by atoms with Crippen molar-refractivity contribution in [3.05, 3.63) is 59.9 Å². The van der Waals surface area contributed by atoms with Gasteiger partial charge in [0, 0.05) is 29.6 Å². The molecule has 4 unspecified atom stereocenters. The molecule has 1 saturated carbocycles. The zero-order chi connectivity index (χ0) is 23.2. The molecule has 9 heteroatoms. The van der Waals surface area contributed by atoms with Crippen molar-refractivity contribution in [2.75, 3.05) is 4.90 Å². The highest BCUT2D eigenvalue weighted by Crippen LogP contribution is 2.54. The molecule has 5 rings (SSSR count). The van der Waals surface area contributed by atoms with Crippen LogP contribution in [0.1, 0.15) is 37.2 Å². The molecule has 3 N–H and O–H groups in total. The molecule has 2 aromatic carbocycles. The van der Waals surface area contributed by atoms with Crippen LogP contribution in [0.4, 0.5) is 16.1 Å². The van der Waals surface area contributed by atoms with Crippen molar-refractivity contribution >= 4 is 24.0 Å². The Hall–Kier alpha value is -3.59. The number of hydrogen-bond acceptors (Lipinski definition) is 7. The number of anilines is 2. The number of para-hydroxylation sites is 1. The lowest BCUT2D eigenvalue weighted by Gasteiger charge is -2.47. The Kier molecular flexibility index (Phi) is 5.20. The maximum atomic E-state index is 13.3. The van der Waals surface area contributed by atoms with Gasteiger partial charge in [0.2, 0.25) is 5.89 Å². The van der Waals surface area contributed by atoms with E-state index in [-0.39, 0.29) is 36.1 Å². The molecular formula is C24H23FN4O4. The van der Waals surface area contributed by atoms with E-state index in [0.717, 1.165) is 30.5 Å². The lowest BCUT2D eigenvalue weighted by atomic mass is 9.66. The van der Waals surface area contributed by atoms with Gasteiger partial charge in [0.25, 0.3) is 0 Å². The summed E-state index contributed by atoms with van der Waals surface area (Å²) in [6, 6.07) is 13.4. The molecule has 33 heavy (non-hydrogen) atoms. The first-order chi connectivity index (χ1) is 15.9. The normalized spacial score (nSPS) is 23.5. The highest BCUT2D eigenvalue weighted by molar-refractivity contribution is 5.85. The van der Waals surface area contributed by atoms with Gasteiger partial charge in [-0.2, -0.15) is 0 Å². The Morgan fingerprint density at radius 2 is 1.97 bits per heavy atom. The number of carboxylic acids is 1. The molecule has 2 aliphatic rings. The number of rotatable bonds is 6. The number of aromatic nitrogens is 2. The molecule has 1 fully saturated rings. The summed E-state index contributed by atoms with van der Waals surface area (Å²) in [4.78, 5) is 25.6. The first-order valence-corrected chi connectivity index (χ1v) is 10.9. The largest absolute Gasteiger partial charge is 0.480 e. The topological polar surface area (TPSA) is 123 Å². The molecule has 0 spiro atoms. The Morgan fingerprint density at radius 3 is 2.70 bits per heavy atom. The van der Waals surface area contributed by atoms with Gasteiger partial charge in [-0.1, -0.05) is 29.7 Å². The van der Waals surface area contributed by atoms with E-state index in [1.54, 1.807) is 12.1 Å². The van der Waals surface area contributed by atoms with Gasteiger partial charge in [-0.25, -0.2) is 4.39 Å². The number of nitrogens with two attached hydrogens (primary N) is 1. The molecule has 170 valence electrons. The number of fused-ring (bicyclic) bond motifs is 2. The van der Waals surface area contributed by atoms with Crippen LogP contribution in [0, 0.1) is 11.7 Å². The standard InChI is InChI=1S/C24H23FN4O4/c25-15-10-8-14(9-11-15)21-27-28-23(33-21)29-18-6-2-1-4-16(18)20(17-5-3-7-19(17)29)24(26,12-13-30)22(31)32/h1-2,4,6,8-11,13,17,19-20H,3,5,7,12,26H2,(H,31,32). The fourth-order valence-corrected chi connectivity index (χ4v) is 5.47. The molecule has 1 aliphatic heterocycles. The minimum atomic E-state index is -1.72. The van der Waals surface area contributed by atoms with Gasteiger partial charge < -0.3 is 20.1 Å². The number of carbonyl (C=O) groups excluding carboxylic acids is 1. The molecule has 4 atom stereocenters. The Balaban J connectivity index is 1.62. The van der Waals surface area contributed by atoms with Crippen LogP contribution in [0.3, 0.4) is 0 Å². The SMILES string of the molecule is NC(CC=O)(C(=O)O)C1c2ccccc2N(c2nnc(-c3ccc(F)cc3)o2)C2CCCC21. The number of benzene rings is 2. The molecule has 0 saturated heterocycles. The molecule has 2 heterocycles. The zero-order valence-corrected chi connectivity index (χ0v) is 17.7. The summed E-state index contributed by atoms with van der Waals surface area (Å²) in [7, 11) is 0. The molecular weight excluding hydrogens is 427 g/mol. The van der Waals surface area contributed by atoms with Gasteiger partial charge in [0.1, 0.15) is 17.6 Å². The lowest BCUT2D eigenvalue weighted by Crippen LogP contribution is -2.59. The van der Waals surface area contributed by atoms with Gasteiger partial charge in [0.05, 0.1) is 0 Å². The molecule has 3 aromatic rings. The number of nitrogens with zero attached hydrogens (tertiary/aromatic N) is 3. The summed E-state index contributed by atoms with van der Waals surface area (Å²) in [5.74, 6) is -1.94.